The molecule has 1 fully saturated rings. The summed E-state index contributed by atoms with van der Waals surface area (Å²) in [5, 5.41) is 3.62. The summed E-state index contributed by atoms with van der Waals surface area (Å²) in [5.41, 5.74) is 5.21. The lowest BCUT2D eigenvalue weighted by molar-refractivity contribution is -0.00360. The van der Waals surface area contributed by atoms with Gasteiger partial charge in [0.2, 0.25) is 0 Å². The van der Waals surface area contributed by atoms with Gasteiger partial charge in [0, 0.05) is 0 Å². The van der Waals surface area contributed by atoms with Gasteiger partial charge < -0.3 is 10.1 Å². The van der Waals surface area contributed by atoms with Gasteiger partial charge in [0.1, 0.15) is 0 Å². The topological polar surface area (TPSA) is 21.3 Å². The van der Waals surface area contributed by atoms with Crippen molar-refractivity contribution in [2.75, 3.05) is 6.54 Å². The Morgan fingerprint density at radius 1 is 1.04 bits per heavy atom. The third-order valence-electron chi connectivity index (χ3n) is 4.31. The average molecular weight is 332 g/mol. The molecule has 1 heterocycles. The van der Waals surface area contributed by atoms with Crippen LogP contribution in [0.3, 0.4) is 0 Å². The molecular weight excluding hydrogens is 306 g/mol. The van der Waals surface area contributed by atoms with Crippen molar-refractivity contribution >= 4 is 12.4 Å². The maximum absolute atomic E-state index is 6.28. The number of aryl methyl sites for hydroxylation is 2. The number of hydrogen-bond donors (Lipinski definition) is 1. The van der Waals surface area contributed by atoms with Gasteiger partial charge in [0.05, 0.1) is 18.8 Å². The normalized spacial score (nSPS) is 20.8. The lowest BCUT2D eigenvalue weighted by atomic mass is 9.94. The maximum Gasteiger partial charge on any atom is 0.0774 e. The van der Waals surface area contributed by atoms with Crippen molar-refractivity contribution < 1.29 is 4.74 Å². The molecule has 0 saturated carbocycles. The molecule has 0 aliphatic carbocycles. The molecule has 3 heteroatoms. The summed E-state index contributed by atoms with van der Waals surface area (Å²) in [5.74, 6) is 0. The zero-order valence-electron chi connectivity index (χ0n) is 13.9. The predicted octanol–water partition coefficient (Wildman–Crippen LogP) is 4.74. The van der Waals surface area contributed by atoms with Crippen LogP contribution < -0.4 is 5.32 Å². The van der Waals surface area contributed by atoms with Crippen LogP contribution in [-0.4, -0.2) is 12.6 Å². The highest BCUT2D eigenvalue weighted by molar-refractivity contribution is 5.85. The summed E-state index contributed by atoms with van der Waals surface area (Å²) >= 11 is 0. The van der Waals surface area contributed by atoms with Gasteiger partial charge in [-0.15, -0.1) is 12.4 Å². The van der Waals surface area contributed by atoms with Crippen LogP contribution in [-0.2, 0) is 11.3 Å². The third kappa shape index (κ3) is 4.81. The summed E-state index contributed by atoms with van der Waals surface area (Å²) in [4.78, 5) is 0. The van der Waals surface area contributed by atoms with Gasteiger partial charge in [-0.2, -0.15) is 0 Å². The van der Waals surface area contributed by atoms with Gasteiger partial charge in [-0.25, -0.2) is 0 Å². The highest BCUT2D eigenvalue weighted by Gasteiger charge is 2.26. The molecule has 1 aliphatic rings. The monoisotopic (exact) mass is 331 g/mol. The molecule has 2 atom stereocenters. The molecular formula is C20H26ClNO. The lowest BCUT2D eigenvalue weighted by Gasteiger charge is -2.33. The molecule has 0 radical (unpaired) electrons. The SMILES string of the molecule is Cc1cc(C)cc(CO[C@@H]2CCCN[C@@H]2c2ccccc2)c1.Cl. The Kier molecular flexibility index (Phi) is 6.64. The van der Waals surface area contributed by atoms with E-state index in [4.69, 9.17) is 4.74 Å². The zero-order valence-corrected chi connectivity index (χ0v) is 14.7. The molecule has 0 unspecified atom stereocenters. The van der Waals surface area contributed by atoms with Gasteiger partial charge in [0.15, 0.2) is 0 Å². The predicted molar refractivity (Wildman–Crippen MR) is 98.2 cm³/mol. The molecule has 2 aromatic rings. The average Bonchev–Trinajstić information content (AvgIpc) is 2.53. The van der Waals surface area contributed by atoms with E-state index in [1.807, 2.05) is 0 Å². The number of benzene rings is 2. The molecule has 23 heavy (non-hydrogen) atoms. The van der Waals surface area contributed by atoms with Crippen molar-refractivity contribution in [1.29, 1.82) is 0 Å². The van der Waals surface area contributed by atoms with Crippen molar-refractivity contribution in [3.8, 4) is 0 Å². The second-order valence-corrected chi connectivity index (χ2v) is 6.33. The molecule has 2 nitrogen and oxygen atoms in total. The largest absolute Gasteiger partial charge is 0.372 e. The summed E-state index contributed by atoms with van der Waals surface area (Å²) < 4.78 is 6.28. The van der Waals surface area contributed by atoms with E-state index in [2.05, 4.69) is 67.7 Å². The van der Waals surface area contributed by atoms with Crippen LogP contribution in [0, 0.1) is 13.8 Å². The Bertz CT molecular complexity index is 594. The van der Waals surface area contributed by atoms with E-state index in [0.717, 1.165) is 13.0 Å². The van der Waals surface area contributed by atoms with Crippen LogP contribution in [0.4, 0.5) is 0 Å². The number of nitrogens with one attached hydrogen (secondary N) is 1. The quantitative estimate of drug-likeness (QED) is 0.874. The summed E-state index contributed by atoms with van der Waals surface area (Å²) in [6.07, 6.45) is 2.55. The van der Waals surface area contributed by atoms with Crippen LogP contribution in [0.5, 0.6) is 0 Å². The standard InChI is InChI=1S/C20H25NO.ClH/c1-15-11-16(2)13-17(12-15)14-22-19-9-6-10-21-20(19)18-7-4-3-5-8-18;/h3-5,7-8,11-13,19-21H,6,9-10,14H2,1-2H3;1H/t19-,20-;/m1./s1. The first-order valence-corrected chi connectivity index (χ1v) is 8.19. The summed E-state index contributed by atoms with van der Waals surface area (Å²) in [6, 6.07) is 17.6. The van der Waals surface area contributed by atoms with Crippen molar-refractivity contribution in [1.82, 2.24) is 5.32 Å². The number of ether oxygens (including phenoxy) is 1. The first-order valence-electron chi connectivity index (χ1n) is 8.19. The summed E-state index contributed by atoms with van der Waals surface area (Å²) in [7, 11) is 0. The highest BCUT2D eigenvalue weighted by atomic mass is 35.5. The van der Waals surface area contributed by atoms with Crippen molar-refractivity contribution in [2.24, 2.45) is 0 Å². The Morgan fingerprint density at radius 2 is 1.74 bits per heavy atom. The second-order valence-electron chi connectivity index (χ2n) is 6.33. The minimum Gasteiger partial charge on any atom is -0.372 e. The fourth-order valence-electron chi connectivity index (χ4n) is 3.39. The molecule has 124 valence electrons. The van der Waals surface area contributed by atoms with E-state index in [9.17, 15) is 0 Å². The molecule has 2 aromatic carbocycles. The first-order chi connectivity index (χ1) is 10.7. The number of piperidine rings is 1. The fourth-order valence-corrected chi connectivity index (χ4v) is 3.39. The van der Waals surface area contributed by atoms with E-state index in [1.54, 1.807) is 0 Å². The zero-order chi connectivity index (χ0) is 15.4. The Morgan fingerprint density at radius 3 is 2.43 bits per heavy atom. The van der Waals surface area contributed by atoms with Crippen LogP contribution in [0.1, 0.15) is 41.1 Å². The Hall–Kier alpha value is -1.35. The second kappa shape index (κ2) is 8.49. The molecule has 1 saturated heterocycles. The minimum atomic E-state index is 0. The Labute approximate surface area is 145 Å². The summed E-state index contributed by atoms with van der Waals surface area (Å²) in [6.45, 7) is 6.05. The van der Waals surface area contributed by atoms with Crippen molar-refractivity contribution in [2.45, 2.75) is 45.4 Å². The molecule has 0 bridgehead atoms. The number of halogens is 1. The fraction of sp³-hybridized carbons (Fsp3) is 0.400. The van der Waals surface area contributed by atoms with Gasteiger partial charge in [-0.1, -0.05) is 59.7 Å². The van der Waals surface area contributed by atoms with E-state index < -0.39 is 0 Å². The molecule has 0 spiro atoms. The van der Waals surface area contributed by atoms with Crippen LogP contribution >= 0.6 is 12.4 Å². The van der Waals surface area contributed by atoms with Gasteiger partial charge in [-0.05, 0) is 44.4 Å². The molecule has 0 aromatic heterocycles. The van der Waals surface area contributed by atoms with Gasteiger partial charge in [0.25, 0.3) is 0 Å². The number of hydrogen-bond acceptors (Lipinski definition) is 2. The maximum atomic E-state index is 6.28. The van der Waals surface area contributed by atoms with Crippen LogP contribution in [0.2, 0.25) is 0 Å². The minimum absolute atomic E-state index is 0. The lowest BCUT2D eigenvalue weighted by Crippen LogP contribution is -2.39. The first kappa shape index (κ1) is 18.0. The molecule has 0 amide bonds. The van der Waals surface area contributed by atoms with E-state index in [0.29, 0.717) is 12.6 Å². The number of rotatable bonds is 4. The van der Waals surface area contributed by atoms with Crippen LogP contribution in [0.25, 0.3) is 0 Å². The van der Waals surface area contributed by atoms with E-state index >= 15 is 0 Å². The molecule has 1 N–H and O–H groups in total. The van der Waals surface area contributed by atoms with E-state index in [1.165, 1.54) is 28.7 Å². The molecule has 1 aliphatic heterocycles. The van der Waals surface area contributed by atoms with Gasteiger partial charge in [-0.3, -0.25) is 0 Å². The third-order valence-corrected chi connectivity index (χ3v) is 4.31. The van der Waals surface area contributed by atoms with Gasteiger partial charge >= 0.3 is 0 Å². The molecule has 3 rings (SSSR count). The highest BCUT2D eigenvalue weighted by Crippen LogP contribution is 2.27. The van der Waals surface area contributed by atoms with Crippen molar-refractivity contribution in [3.63, 3.8) is 0 Å². The Balaban J connectivity index is 0.00000192. The smallest absolute Gasteiger partial charge is 0.0774 e. The van der Waals surface area contributed by atoms with E-state index in [-0.39, 0.29) is 18.5 Å². The van der Waals surface area contributed by atoms with Crippen molar-refractivity contribution in [3.05, 3.63) is 70.8 Å². The van der Waals surface area contributed by atoms with Crippen LogP contribution in [0.15, 0.2) is 48.5 Å².